The highest BCUT2D eigenvalue weighted by Gasteiger charge is 2.41. The summed E-state index contributed by atoms with van der Waals surface area (Å²) in [6, 6.07) is 3.02. The number of hydrogen-bond acceptors (Lipinski definition) is 5. The number of sulfonamides is 1. The number of halogens is 3. The lowest BCUT2D eigenvalue weighted by Gasteiger charge is -2.32. The summed E-state index contributed by atoms with van der Waals surface area (Å²) < 4.78 is 42.3. The van der Waals surface area contributed by atoms with Gasteiger partial charge in [0.2, 0.25) is 15.9 Å². The first kappa shape index (κ1) is 27.3. The second-order valence-corrected chi connectivity index (χ2v) is 11.3. The van der Waals surface area contributed by atoms with E-state index >= 15 is 0 Å². The van der Waals surface area contributed by atoms with Crippen molar-refractivity contribution in [2.45, 2.75) is 50.0 Å². The summed E-state index contributed by atoms with van der Waals surface area (Å²) >= 11 is 0. The van der Waals surface area contributed by atoms with Crippen LogP contribution in [0.25, 0.3) is 0 Å². The zero-order valence-electron chi connectivity index (χ0n) is 18.8. The van der Waals surface area contributed by atoms with Crippen LogP contribution in [0.2, 0.25) is 0 Å². The van der Waals surface area contributed by atoms with Gasteiger partial charge in [0.05, 0.1) is 6.54 Å². The summed E-state index contributed by atoms with van der Waals surface area (Å²) in [5.41, 5.74) is 0.758. The van der Waals surface area contributed by atoms with Gasteiger partial charge in [-0.25, -0.2) is 12.8 Å². The van der Waals surface area contributed by atoms with Gasteiger partial charge in [0.15, 0.2) is 0 Å². The lowest BCUT2D eigenvalue weighted by molar-refractivity contribution is -0.120. The number of fused-ring (bicyclic) bond motifs is 1. The lowest BCUT2D eigenvalue weighted by atomic mass is 9.87. The van der Waals surface area contributed by atoms with E-state index in [-0.39, 0.29) is 42.2 Å². The minimum atomic E-state index is -3.91. The molecule has 2 saturated heterocycles. The number of hydrogen-bond donors (Lipinski definition) is 1. The molecule has 3 aliphatic heterocycles. The van der Waals surface area contributed by atoms with E-state index in [1.54, 1.807) is 4.90 Å². The van der Waals surface area contributed by atoms with E-state index in [0.717, 1.165) is 32.5 Å². The molecule has 1 aromatic carbocycles. The summed E-state index contributed by atoms with van der Waals surface area (Å²) in [5, 5.41) is 3.36. The average molecular weight is 511 g/mol. The number of nitrogens with zero attached hydrogens (tertiary/aromatic N) is 3. The Morgan fingerprint density at radius 3 is 2.47 bits per heavy atom. The fourth-order valence-electron chi connectivity index (χ4n) is 4.79. The highest BCUT2D eigenvalue weighted by molar-refractivity contribution is 7.89. The van der Waals surface area contributed by atoms with Crippen LogP contribution in [0.3, 0.4) is 0 Å². The number of amides is 1. The second kappa shape index (κ2) is 10.1. The Kier molecular flexibility index (Phi) is 8.62. The number of nitrogens with one attached hydrogen (secondary N) is 1. The molecule has 0 bridgehead atoms. The van der Waals surface area contributed by atoms with E-state index < -0.39 is 21.3 Å². The van der Waals surface area contributed by atoms with E-state index in [1.165, 1.54) is 16.4 Å². The van der Waals surface area contributed by atoms with Crippen LogP contribution in [-0.2, 0) is 20.2 Å². The Morgan fingerprint density at radius 1 is 1.19 bits per heavy atom. The number of carbonyl (C=O) groups excluding carboxylic acids is 1. The lowest BCUT2D eigenvalue weighted by Crippen LogP contribution is -2.52. The van der Waals surface area contributed by atoms with Gasteiger partial charge in [0, 0.05) is 56.4 Å². The van der Waals surface area contributed by atoms with Crippen LogP contribution in [0.5, 0.6) is 0 Å². The van der Waals surface area contributed by atoms with Crippen molar-refractivity contribution in [1.29, 1.82) is 0 Å². The first-order chi connectivity index (χ1) is 14.1. The molecule has 182 valence electrons. The number of anilines is 1. The topological polar surface area (TPSA) is 73.0 Å². The van der Waals surface area contributed by atoms with Crippen LogP contribution in [0.4, 0.5) is 10.1 Å². The molecule has 0 aromatic heterocycles. The maximum absolute atomic E-state index is 15.0. The molecule has 11 heteroatoms. The van der Waals surface area contributed by atoms with E-state index in [0.29, 0.717) is 36.9 Å². The summed E-state index contributed by atoms with van der Waals surface area (Å²) in [6.45, 7) is 9.92. The van der Waals surface area contributed by atoms with Crippen molar-refractivity contribution < 1.29 is 17.6 Å². The predicted molar refractivity (Wildman–Crippen MR) is 128 cm³/mol. The van der Waals surface area contributed by atoms with Crippen molar-refractivity contribution in [3.63, 3.8) is 0 Å². The van der Waals surface area contributed by atoms with Crippen LogP contribution >= 0.6 is 24.8 Å². The second-order valence-electron chi connectivity index (χ2n) is 9.37. The molecule has 4 rings (SSSR count). The van der Waals surface area contributed by atoms with Gasteiger partial charge in [0.25, 0.3) is 0 Å². The SMILES string of the molecule is C[C@@H]1CN(CC(=O)N2CC(C)(C)c3cc(F)c(S(=O)(=O)N4CCCC4)cc32)CCN1.Cl.Cl. The third-order valence-electron chi connectivity index (χ3n) is 6.42. The molecule has 0 aliphatic carbocycles. The Hall–Kier alpha value is -0.970. The minimum absolute atomic E-state index is 0. The molecule has 0 radical (unpaired) electrons. The van der Waals surface area contributed by atoms with Gasteiger partial charge in [-0.2, -0.15) is 4.31 Å². The van der Waals surface area contributed by atoms with E-state index in [1.807, 2.05) is 13.8 Å². The van der Waals surface area contributed by atoms with Crippen LogP contribution in [0, 0.1) is 5.82 Å². The first-order valence-electron chi connectivity index (χ1n) is 10.7. The predicted octanol–water partition coefficient (Wildman–Crippen LogP) is 2.37. The van der Waals surface area contributed by atoms with Crippen LogP contribution in [0.1, 0.15) is 39.2 Å². The Labute approximate surface area is 202 Å². The molecule has 1 amide bonds. The molecule has 0 spiro atoms. The van der Waals surface area contributed by atoms with Gasteiger partial charge in [-0.1, -0.05) is 13.8 Å². The summed E-state index contributed by atoms with van der Waals surface area (Å²) in [7, 11) is -3.91. The van der Waals surface area contributed by atoms with E-state index in [2.05, 4.69) is 17.1 Å². The van der Waals surface area contributed by atoms with Crippen molar-refractivity contribution in [3.05, 3.63) is 23.5 Å². The largest absolute Gasteiger partial charge is 0.312 e. The minimum Gasteiger partial charge on any atom is -0.312 e. The van der Waals surface area contributed by atoms with Crippen LogP contribution < -0.4 is 10.2 Å². The molecular weight excluding hydrogens is 478 g/mol. The molecule has 32 heavy (non-hydrogen) atoms. The molecule has 0 unspecified atom stereocenters. The summed E-state index contributed by atoms with van der Waals surface area (Å²) in [4.78, 5) is 16.6. The molecule has 0 saturated carbocycles. The van der Waals surface area contributed by atoms with Gasteiger partial charge in [-0.15, -0.1) is 24.8 Å². The molecule has 3 heterocycles. The normalized spacial score (nSPS) is 23.4. The van der Waals surface area contributed by atoms with Crippen molar-refractivity contribution in [3.8, 4) is 0 Å². The maximum atomic E-state index is 15.0. The Morgan fingerprint density at radius 2 is 1.84 bits per heavy atom. The van der Waals surface area contributed by atoms with Gasteiger partial charge < -0.3 is 10.2 Å². The van der Waals surface area contributed by atoms with Gasteiger partial charge in [-0.05, 0) is 37.5 Å². The number of benzene rings is 1. The van der Waals surface area contributed by atoms with E-state index in [9.17, 15) is 17.6 Å². The van der Waals surface area contributed by atoms with Crippen LogP contribution in [-0.4, -0.2) is 75.4 Å². The monoisotopic (exact) mass is 510 g/mol. The van der Waals surface area contributed by atoms with Crippen molar-refractivity contribution in [2.24, 2.45) is 0 Å². The highest BCUT2D eigenvalue weighted by atomic mass is 35.5. The molecule has 1 aromatic rings. The fourth-order valence-corrected chi connectivity index (χ4v) is 6.38. The number of rotatable bonds is 4. The fraction of sp³-hybridized carbons (Fsp3) is 0.667. The standard InChI is InChI=1S/C21H31FN4O3S.2ClH/c1-15-12-24(9-6-23-15)13-20(27)26-14-21(2,3)16-10-17(22)19(11-18(16)26)30(28,29)25-7-4-5-8-25;;/h10-11,15,23H,4-9,12-14H2,1-3H3;2*1H/t15-;;/m1../s1. The molecule has 7 nitrogen and oxygen atoms in total. The molecule has 3 aliphatic rings. The quantitative estimate of drug-likeness (QED) is 0.672. The number of piperazine rings is 1. The molecule has 2 fully saturated rings. The van der Waals surface area contributed by atoms with Crippen molar-refractivity contribution in [1.82, 2.24) is 14.5 Å². The zero-order chi connectivity index (χ0) is 21.7. The maximum Gasteiger partial charge on any atom is 0.246 e. The van der Waals surface area contributed by atoms with Crippen LogP contribution in [0.15, 0.2) is 17.0 Å². The third kappa shape index (κ3) is 5.08. The molecular formula is C21H33Cl2FN4O3S. The first-order valence-corrected chi connectivity index (χ1v) is 12.1. The van der Waals surface area contributed by atoms with E-state index in [4.69, 9.17) is 0 Å². The molecule has 1 N–H and O–H groups in total. The summed E-state index contributed by atoms with van der Waals surface area (Å²) in [6.07, 6.45) is 1.57. The van der Waals surface area contributed by atoms with Gasteiger partial charge in [0.1, 0.15) is 10.7 Å². The molecule has 1 atom stereocenters. The Bertz CT molecular complexity index is 955. The number of carbonyl (C=O) groups is 1. The van der Waals surface area contributed by atoms with Crippen molar-refractivity contribution in [2.75, 3.05) is 50.7 Å². The average Bonchev–Trinajstić information content (AvgIpc) is 3.29. The van der Waals surface area contributed by atoms with Gasteiger partial charge >= 0.3 is 0 Å². The Balaban J connectivity index is 0.00000181. The zero-order valence-corrected chi connectivity index (χ0v) is 21.2. The van der Waals surface area contributed by atoms with Crippen molar-refractivity contribution >= 4 is 46.4 Å². The summed E-state index contributed by atoms with van der Waals surface area (Å²) in [5.74, 6) is -0.814. The van der Waals surface area contributed by atoms with Gasteiger partial charge in [-0.3, -0.25) is 9.69 Å². The third-order valence-corrected chi connectivity index (χ3v) is 8.33. The smallest absolute Gasteiger partial charge is 0.246 e. The highest BCUT2D eigenvalue weighted by Crippen LogP contribution is 2.43.